The van der Waals surface area contributed by atoms with Crippen LogP contribution in [0.5, 0.6) is 0 Å². The molecule has 0 bridgehead atoms. The Balaban J connectivity index is 1.71. The highest BCUT2D eigenvalue weighted by atomic mass is 32.1. The topological polar surface area (TPSA) is 64.0 Å². The summed E-state index contributed by atoms with van der Waals surface area (Å²) in [4.78, 5) is 31.9. The van der Waals surface area contributed by atoms with E-state index in [-0.39, 0.29) is 11.5 Å². The molecule has 6 heteroatoms. The maximum atomic E-state index is 13.5. The van der Waals surface area contributed by atoms with Crippen molar-refractivity contribution in [3.8, 4) is 11.1 Å². The van der Waals surface area contributed by atoms with Gasteiger partial charge in [-0.3, -0.25) is 14.2 Å². The molecule has 0 spiro atoms. The van der Waals surface area contributed by atoms with Crippen LogP contribution in [0.1, 0.15) is 50.4 Å². The molecule has 2 heterocycles. The lowest BCUT2D eigenvalue weighted by atomic mass is 10.0. The Kier molecular flexibility index (Phi) is 6.75. The summed E-state index contributed by atoms with van der Waals surface area (Å²) in [6.07, 6.45) is 4.09. The molecule has 4 rings (SSSR count). The number of aromatic nitrogens is 2. The SMILES string of the molecule is CCc1ccc(-c2csc3ncn(C(C)C(=O)Nc4c(CC)cccc4CC)c(=O)c23)cc1. The Bertz CT molecular complexity index is 1330. The molecular weight excluding hydrogens is 430 g/mol. The first kappa shape index (κ1) is 22.9. The van der Waals surface area contributed by atoms with E-state index in [1.54, 1.807) is 6.92 Å². The minimum absolute atomic E-state index is 0.196. The molecule has 1 atom stereocenters. The number of para-hydroxylation sites is 1. The number of nitrogens with one attached hydrogen (secondary N) is 1. The zero-order valence-electron chi connectivity index (χ0n) is 19.5. The first-order chi connectivity index (χ1) is 16.0. The van der Waals surface area contributed by atoms with Gasteiger partial charge in [-0.2, -0.15) is 0 Å². The van der Waals surface area contributed by atoms with Gasteiger partial charge in [-0.15, -0.1) is 11.3 Å². The molecule has 2 aromatic heterocycles. The maximum absolute atomic E-state index is 13.5. The molecule has 5 nitrogen and oxygen atoms in total. The summed E-state index contributed by atoms with van der Waals surface area (Å²) in [6, 6.07) is 13.6. The average molecular weight is 460 g/mol. The minimum atomic E-state index is -0.695. The predicted octanol–water partition coefficient (Wildman–Crippen LogP) is 6.01. The van der Waals surface area contributed by atoms with E-state index in [0.717, 1.165) is 47.2 Å². The Hall–Kier alpha value is -3.25. The molecule has 1 N–H and O–H groups in total. The number of hydrogen-bond donors (Lipinski definition) is 1. The number of carbonyl (C=O) groups excluding carboxylic acids is 1. The van der Waals surface area contributed by atoms with E-state index in [9.17, 15) is 9.59 Å². The summed E-state index contributed by atoms with van der Waals surface area (Å²) >= 11 is 1.45. The molecule has 0 aliphatic rings. The van der Waals surface area contributed by atoms with Gasteiger partial charge in [-0.25, -0.2) is 4.98 Å². The fourth-order valence-corrected chi connectivity index (χ4v) is 5.02. The third kappa shape index (κ3) is 4.35. The van der Waals surface area contributed by atoms with E-state index in [0.29, 0.717) is 10.2 Å². The van der Waals surface area contributed by atoms with Gasteiger partial charge in [0.1, 0.15) is 10.9 Å². The molecule has 0 saturated carbocycles. The fraction of sp³-hybridized carbons (Fsp3) is 0.296. The Labute approximate surface area is 198 Å². The van der Waals surface area contributed by atoms with Crippen LogP contribution in [0.4, 0.5) is 5.69 Å². The van der Waals surface area contributed by atoms with Crippen molar-refractivity contribution in [2.24, 2.45) is 0 Å². The Morgan fingerprint density at radius 3 is 2.30 bits per heavy atom. The molecule has 1 amide bonds. The summed E-state index contributed by atoms with van der Waals surface area (Å²) in [5, 5.41) is 5.62. The van der Waals surface area contributed by atoms with Crippen LogP contribution >= 0.6 is 11.3 Å². The summed E-state index contributed by atoms with van der Waals surface area (Å²) in [5.74, 6) is -0.224. The number of rotatable bonds is 7. The molecular formula is C27H29N3O2S. The second kappa shape index (κ2) is 9.71. The van der Waals surface area contributed by atoms with Crippen molar-refractivity contribution in [1.29, 1.82) is 0 Å². The van der Waals surface area contributed by atoms with E-state index >= 15 is 0 Å². The van der Waals surface area contributed by atoms with Gasteiger partial charge in [-0.1, -0.05) is 63.2 Å². The summed E-state index contributed by atoms with van der Waals surface area (Å²) in [5.41, 5.74) is 5.93. The number of carbonyl (C=O) groups is 1. The van der Waals surface area contributed by atoms with E-state index in [1.807, 2.05) is 35.7 Å². The quantitative estimate of drug-likeness (QED) is 0.368. The predicted molar refractivity (Wildman–Crippen MR) is 137 cm³/mol. The third-order valence-electron chi connectivity index (χ3n) is 6.24. The molecule has 0 saturated heterocycles. The third-order valence-corrected chi connectivity index (χ3v) is 7.12. The zero-order valence-corrected chi connectivity index (χ0v) is 20.3. The van der Waals surface area contributed by atoms with E-state index in [2.05, 4.69) is 43.2 Å². The van der Waals surface area contributed by atoms with Gasteiger partial charge in [0.2, 0.25) is 5.91 Å². The molecule has 0 fully saturated rings. The molecule has 2 aromatic carbocycles. The van der Waals surface area contributed by atoms with Crippen LogP contribution < -0.4 is 10.9 Å². The summed E-state index contributed by atoms with van der Waals surface area (Å²) in [7, 11) is 0. The minimum Gasteiger partial charge on any atom is -0.324 e. The number of fused-ring (bicyclic) bond motifs is 1. The monoisotopic (exact) mass is 459 g/mol. The largest absolute Gasteiger partial charge is 0.324 e. The van der Waals surface area contributed by atoms with Gasteiger partial charge in [0.15, 0.2) is 0 Å². The van der Waals surface area contributed by atoms with Crippen molar-refractivity contribution in [2.75, 3.05) is 5.32 Å². The summed E-state index contributed by atoms with van der Waals surface area (Å²) in [6.45, 7) is 8.00. The highest BCUT2D eigenvalue weighted by molar-refractivity contribution is 7.17. The lowest BCUT2D eigenvalue weighted by Crippen LogP contribution is -2.32. The van der Waals surface area contributed by atoms with Crippen molar-refractivity contribution < 1.29 is 4.79 Å². The van der Waals surface area contributed by atoms with Gasteiger partial charge < -0.3 is 5.32 Å². The number of anilines is 1. The number of thiophene rings is 1. The molecule has 170 valence electrons. The van der Waals surface area contributed by atoms with Crippen LogP contribution in [0.25, 0.3) is 21.3 Å². The van der Waals surface area contributed by atoms with Crippen LogP contribution in [0.2, 0.25) is 0 Å². The lowest BCUT2D eigenvalue weighted by Gasteiger charge is -2.19. The first-order valence-corrected chi connectivity index (χ1v) is 12.4. The van der Waals surface area contributed by atoms with Crippen LogP contribution in [0, 0.1) is 0 Å². The van der Waals surface area contributed by atoms with Crippen LogP contribution in [-0.4, -0.2) is 15.5 Å². The first-order valence-electron chi connectivity index (χ1n) is 11.5. The number of hydrogen-bond acceptors (Lipinski definition) is 4. The fourth-order valence-electron chi connectivity index (χ4n) is 4.11. The maximum Gasteiger partial charge on any atom is 0.263 e. The molecule has 0 aliphatic heterocycles. The average Bonchev–Trinajstić information content (AvgIpc) is 3.29. The molecule has 33 heavy (non-hydrogen) atoms. The van der Waals surface area contributed by atoms with Gasteiger partial charge in [0.25, 0.3) is 5.56 Å². The highest BCUT2D eigenvalue weighted by Crippen LogP contribution is 2.31. The van der Waals surface area contributed by atoms with Crippen LogP contribution in [0.3, 0.4) is 0 Å². The van der Waals surface area contributed by atoms with Crippen molar-refractivity contribution in [2.45, 2.75) is 53.0 Å². The van der Waals surface area contributed by atoms with Gasteiger partial charge in [0, 0.05) is 16.6 Å². The van der Waals surface area contributed by atoms with Crippen LogP contribution in [-0.2, 0) is 24.1 Å². The van der Waals surface area contributed by atoms with Crippen LogP contribution in [0.15, 0.2) is 59.0 Å². The van der Waals surface area contributed by atoms with Gasteiger partial charge in [0.05, 0.1) is 11.7 Å². The molecule has 4 aromatic rings. The summed E-state index contributed by atoms with van der Waals surface area (Å²) < 4.78 is 1.44. The highest BCUT2D eigenvalue weighted by Gasteiger charge is 2.21. The Morgan fingerprint density at radius 1 is 1.03 bits per heavy atom. The van der Waals surface area contributed by atoms with Crippen molar-refractivity contribution >= 4 is 33.1 Å². The molecule has 0 radical (unpaired) electrons. The van der Waals surface area contributed by atoms with E-state index < -0.39 is 6.04 Å². The zero-order chi connectivity index (χ0) is 23.5. The number of amides is 1. The van der Waals surface area contributed by atoms with Gasteiger partial charge >= 0.3 is 0 Å². The van der Waals surface area contributed by atoms with Crippen molar-refractivity contribution in [3.63, 3.8) is 0 Å². The second-order valence-electron chi connectivity index (χ2n) is 8.16. The number of nitrogens with zero attached hydrogens (tertiary/aromatic N) is 2. The molecule has 1 unspecified atom stereocenters. The van der Waals surface area contributed by atoms with E-state index in [4.69, 9.17) is 0 Å². The van der Waals surface area contributed by atoms with Gasteiger partial charge in [-0.05, 0) is 48.4 Å². The number of benzene rings is 2. The van der Waals surface area contributed by atoms with E-state index in [1.165, 1.54) is 27.8 Å². The molecule has 0 aliphatic carbocycles. The van der Waals surface area contributed by atoms with Crippen molar-refractivity contribution in [1.82, 2.24) is 9.55 Å². The number of aryl methyl sites for hydroxylation is 3. The second-order valence-corrected chi connectivity index (χ2v) is 9.02. The normalized spacial score (nSPS) is 12.1. The Morgan fingerprint density at radius 2 is 1.70 bits per heavy atom. The van der Waals surface area contributed by atoms with Crippen molar-refractivity contribution in [3.05, 3.63) is 81.2 Å². The standard InChI is InChI=1S/C27H29N3O2S/c1-5-18-11-13-21(14-12-18)22-15-33-26-23(22)27(32)30(16-28-26)17(4)25(31)29-24-19(6-2)9-8-10-20(24)7-3/h8-17H,5-7H2,1-4H3,(H,29,31). The smallest absolute Gasteiger partial charge is 0.263 e. The lowest BCUT2D eigenvalue weighted by molar-refractivity contribution is -0.118.